The largest absolute Gasteiger partial charge is 0.376 e. The highest BCUT2D eigenvalue weighted by molar-refractivity contribution is 8.01. The Kier molecular flexibility index (Phi) is 5.06. The average molecular weight is 273 g/mol. The summed E-state index contributed by atoms with van der Waals surface area (Å²) in [6.45, 7) is 6.15. The molecule has 0 amide bonds. The van der Waals surface area contributed by atoms with Gasteiger partial charge < -0.3 is 10.1 Å². The molecule has 0 radical (unpaired) electrons. The van der Waals surface area contributed by atoms with Crippen molar-refractivity contribution < 1.29 is 4.74 Å². The number of nitrogens with one attached hydrogen (secondary N) is 1. The molecule has 2 unspecified atom stereocenters. The van der Waals surface area contributed by atoms with Gasteiger partial charge in [0.25, 0.3) is 0 Å². The monoisotopic (exact) mass is 273 g/mol. The molecule has 17 heavy (non-hydrogen) atoms. The molecule has 2 rings (SSSR count). The lowest BCUT2D eigenvalue weighted by atomic mass is 10.2. The van der Waals surface area contributed by atoms with Crippen molar-refractivity contribution >= 4 is 28.2 Å². The number of hydrogen-bond acceptors (Lipinski definition) is 6. The maximum absolute atomic E-state index is 5.55. The van der Waals surface area contributed by atoms with Crippen molar-refractivity contribution in [3.63, 3.8) is 0 Å². The van der Waals surface area contributed by atoms with Gasteiger partial charge in [0.2, 0.25) is 5.13 Å². The Morgan fingerprint density at radius 1 is 1.59 bits per heavy atom. The molecule has 1 saturated heterocycles. The third-order valence-electron chi connectivity index (χ3n) is 2.79. The van der Waals surface area contributed by atoms with Gasteiger partial charge in [-0.25, -0.2) is 0 Å². The van der Waals surface area contributed by atoms with E-state index in [9.17, 15) is 0 Å². The highest BCUT2D eigenvalue weighted by atomic mass is 32.2. The number of hydrogen-bond donors (Lipinski definition) is 1. The van der Waals surface area contributed by atoms with Gasteiger partial charge in [0.15, 0.2) is 4.34 Å². The van der Waals surface area contributed by atoms with Crippen LogP contribution in [-0.4, -0.2) is 34.7 Å². The second kappa shape index (κ2) is 6.56. The van der Waals surface area contributed by atoms with Gasteiger partial charge in [0, 0.05) is 18.4 Å². The Bertz CT molecular complexity index is 339. The number of rotatable bonds is 6. The van der Waals surface area contributed by atoms with E-state index >= 15 is 0 Å². The second-order valence-electron chi connectivity index (χ2n) is 4.23. The van der Waals surface area contributed by atoms with Crippen LogP contribution < -0.4 is 5.32 Å². The molecule has 1 aliphatic rings. The van der Waals surface area contributed by atoms with Gasteiger partial charge in [0.05, 0.1) is 6.10 Å². The Morgan fingerprint density at radius 2 is 2.47 bits per heavy atom. The van der Waals surface area contributed by atoms with Crippen LogP contribution in [0.2, 0.25) is 0 Å². The Hall–Kier alpha value is -0.330. The van der Waals surface area contributed by atoms with Crippen LogP contribution in [0.3, 0.4) is 0 Å². The minimum Gasteiger partial charge on any atom is -0.376 e. The molecular weight excluding hydrogens is 254 g/mol. The normalized spacial score (nSPS) is 21.6. The highest BCUT2D eigenvalue weighted by Crippen LogP contribution is 2.30. The molecule has 2 atom stereocenters. The number of thioether (sulfide) groups is 1. The molecule has 1 fully saturated rings. The smallest absolute Gasteiger partial charge is 0.206 e. The lowest BCUT2D eigenvalue weighted by molar-refractivity contribution is 0.120. The fraction of sp³-hybridized carbons (Fsp3) is 0.818. The topological polar surface area (TPSA) is 47.0 Å². The van der Waals surface area contributed by atoms with E-state index in [1.807, 2.05) is 0 Å². The van der Waals surface area contributed by atoms with Crippen LogP contribution >= 0.6 is 23.1 Å². The van der Waals surface area contributed by atoms with Crippen molar-refractivity contribution in [1.82, 2.24) is 10.2 Å². The standard InChI is InChI=1S/C11H19N3OS2/c1-3-8(2)16-11-14-13-10(17-11)12-7-9-5-4-6-15-9/h8-9H,3-7H2,1-2H3,(H,12,13). The number of aromatic nitrogens is 2. The van der Waals surface area contributed by atoms with Crippen molar-refractivity contribution in [2.24, 2.45) is 0 Å². The van der Waals surface area contributed by atoms with Crippen molar-refractivity contribution in [1.29, 1.82) is 0 Å². The van der Waals surface area contributed by atoms with E-state index in [0.717, 1.165) is 35.5 Å². The molecular formula is C11H19N3OS2. The van der Waals surface area contributed by atoms with Crippen molar-refractivity contribution in [3.8, 4) is 0 Å². The number of nitrogens with zero attached hydrogens (tertiary/aromatic N) is 2. The summed E-state index contributed by atoms with van der Waals surface area (Å²) in [5.41, 5.74) is 0. The van der Waals surface area contributed by atoms with Gasteiger partial charge in [-0.1, -0.05) is 36.9 Å². The maximum Gasteiger partial charge on any atom is 0.206 e. The van der Waals surface area contributed by atoms with Crippen LogP contribution in [0.5, 0.6) is 0 Å². The van der Waals surface area contributed by atoms with Crippen LogP contribution in [0, 0.1) is 0 Å². The van der Waals surface area contributed by atoms with Gasteiger partial charge in [-0.05, 0) is 19.3 Å². The van der Waals surface area contributed by atoms with E-state index in [0.29, 0.717) is 11.4 Å². The molecule has 0 aromatic carbocycles. The summed E-state index contributed by atoms with van der Waals surface area (Å²) in [6.07, 6.45) is 3.84. The van der Waals surface area contributed by atoms with E-state index in [4.69, 9.17) is 4.74 Å². The van der Waals surface area contributed by atoms with Gasteiger partial charge >= 0.3 is 0 Å². The lowest BCUT2D eigenvalue weighted by Crippen LogP contribution is -2.18. The minimum atomic E-state index is 0.351. The fourth-order valence-corrected chi connectivity index (χ4v) is 3.60. The van der Waals surface area contributed by atoms with Crippen LogP contribution in [0.25, 0.3) is 0 Å². The molecule has 0 aliphatic carbocycles. The molecule has 1 aromatic heterocycles. The van der Waals surface area contributed by atoms with Crippen LogP contribution in [-0.2, 0) is 4.74 Å². The summed E-state index contributed by atoms with van der Waals surface area (Å²) in [7, 11) is 0. The summed E-state index contributed by atoms with van der Waals surface area (Å²) in [6, 6.07) is 0. The van der Waals surface area contributed by atoms with Crippen molar-refractivity contribution in [2.75, 3.05) is 18.5 Å². The Morgan fingerprint density at radius 3 is 3.18 bits per heavy atom. The predicted molar refractivity (Wildman–Crippen MR) is 73.0 cm³/mol. The minimum absolute atomic E-state index is 0.351. The third kappa shape index (κ3) is 4.12. The van der Waals surface area contributed by atoms with Crippen LogP contribution in [0.1, 0.15) is 33.1 Å². The predicted octanol–water partition coefficient (Wildman–Crippen LogP) is 3.02. The molecule has 0 spiro atoms. The van der Waals surface area contributed by atoms with Crippen LogP contribution in [0.4, 0.5) is 5.13 Å². The molecule has 1 aromatic rings. The van der Waals surface area contributed by atoms with Crippen LogP contribution in [0.15, 0.2) is 4.34 Å². The fourth-order valence-electron chi connectivity index (χ4n) is 1.59. The first-order chi connectivity index (χ1) is 8.28. The summed E-state index contributed by atoms with van der Waals surface area (Å²) in [4.78, 5) is 0. The van der Waals surface area contributed by atoms with E-state index in [1.54, 1.807) is 23.1 Å². The molecule has 6 heteroatoms. The van der Waals surface area contributed by atoms with Gasteiger partial charge in [-0.15, -0.1) is 10.2 Å². The van der Waals surface area contributed by atoms with E-state index in [2.05, 4.69) is 29.4 Å². The molecule has 4 nitrogen and oxygen atoms in total. The zero-order valence-electron chi connectivity index (χ0n) is 10.3. The van der Waals surface area contributed by atoms with Gasteiger partial charge in [-0.3, -0.25) is 0 Å². The Labute approximate surface area is 111 Å². The highest BCUT2D eigenvalue weighted by Gasteiger charge is 2.16. The molecule has 1 N–H and O–H groups in total. The summed E-state index contributed by atoms with van der Waals surface area (Å²) < 4.78 is 6.60. The van der Waals surface area contributed by atoms with E-state index < -0.39 is 0 Å². The van der Waals surface area contributed by atoms with Gasteiger partial charge in [-0.2, -0.15) is 0 Å². The zero-order chi connectivity index (χ0) is 12.1. The maximum atomic E-state index is 5.55. The first-order valence-electron chi connectivity index (χ1n) is 6.13. The lowest BCUT2D eigenvalue weighted by Gasteiger charge is -2.08. The van der Waals surface area contributed by atoms with E-state index in [1.165, 1.54) is 6.42 Å². The second-order valence-corrected chi connectivity index (χ2v) is 6.89. The van der Waals surface area contributed by atoms with Crippen molar-refractivity contribution in [3.05, 3.63) is 0 Å². The number of ether oxygens (including phenoxy) is 1. The van der Waals surface area contributed by atoms with E-state index in [-0.39, 0.29) is 0 Å². The zero-order valence-corrected chi connectivity index (χ0v) is 11.9. The summed E-state index contributed by atoms with van der Waals surface area (Å²) in [5, 5.41) is 13.1. The molecule has 1 aliphatic heterocycles. The first kappa shape index (κ1) is 13.1. The molecule has 0 bridgehead atoms. The van der Waals surface area contributed by atoms with Crippen molar-refractivity contribution in [2.45, 2.75) is 48.8 Å². The average Bonchev–Trinajstić information content (AvgIpc) is 2.97. The summed E-state index contributed by atoms with van der Waals surface area (Å²) >= 11 is 3.43. The SMILES string of the molecule is CCC(C)Sc1nnc(NCC2CCCO2)s1. The molecule has 0 saturated carbocycles. The number of anilines is 1. The molecule has 2 heterocycles. The Balaban J connectivity index is 1.77. The third-order valence-corrected chi connectivity index (χ3v) is 5.02. The first-order valence-corrected chi connectivity index (χ1v) is 7.83. The molecule has 96 valence electrons. The summed E-state index contributed by atoms with van der Waals surface area (Å²) in [5.74, 6) is 0. The van der Waals surface area contributed by atoms with Gasteiger partial charge in [0.1, 0.15) is 0 Å². The quantitative estimate of drug-likeness (QED) is 0.807.